The second-order valence-electron chi connectivity index (χ2n) is 6.97. The normalized spacial score (nSPS) is 18.2. The van der Waals surface area contributed by atoms with Crippen molar-refractivity contribution in [2.24, 2.45) is 7.05 Å². The van der Waals surface area contributed by atoms with Crippen LogP contribution in [0.5, 0.6) is 0 Å². The van der Waals surface area contributed by atoms with Crippen LogP contribution in [-0.4, -0.2) is 38.9 Å². The zero-order valence-electron chi connectivity index (χ0n) is 14.7. The number of aromatic nitrogens is 2. The van der Waals surface area contributed by atoms with E-state index in [0.717, 1.165) is 23.3 Å². The molecule has 2 heterocycles. The summed E-state index contributed by atoms with van der Waals surface area (Å²) in [6.07, 6.45) is 1.58. The molecule has 0 spiro atoms. The van der Waals surface area contributed by atoms with E-state index in [2.05, 4.69) is 10.3 Å². The lowest BCUT2D eigenvalue weighted by molar-refractivity contribution is -0.137. The topological polar surface area (TPSA) is 67.2 Å². The maximum Gasteiger partial charge on any atom is 0.243 e. The van der Waals surface area contributed by atoms with Crippen LogP contribution in [0.2, 0.25) is 0 Å². The fraction of sp³-hybridized carbons (Fsp3) is 0.500. The van der Waals surface area contributed by atoms with Gasteiger partial charge in [-0.25, -0.2) is 4.98 Å². The van der Waals surface area contributed by atoms with Crippen molar-refractivity contribution in [2.45, 2.75) is 45.2 Å². The van der Waals surface area contributed by atoms with E-state index in [1.165, 1.54) is 6.92 Å². The average molecular weight is 328 g/mol. The summed E-state index contributed by atoms with van der Waals surface area (Å²) in [5.74, 6) is 0.636. The number of amides is 2. The van der Waals surface area contributed by atoms with Gasteiger partial charge >= 0.3 is 0 Å². The first-order valence-electron chi connectivity index (χ1n) is 8.32. The van der Waals surface area contributed by atoms with Gasteiger partial charge in [-0.3, -0.25) is 9.59 Å². The third-order valence-corrected chi connectivity index (χ3v) is 4.74. The Morgan fingerprint density at radius 1 is 1.29 bits per heavy atom. The zero-order chi connectivity index (χ0) is 17.5. The van der Waals surface area contributed by atoms with Gasteiger partial charge in [0.05, 0.1) is 16.6 Å². The second-order valence-corrected chi connectivity index (χ2v) is 6.97. The molecule has 1 N–H and O–H groups in total. The van der Waals surface area contributed by atoms with Crippen LogP contribution >= 0.6 is 0 Å². The van der Waals surface area contributed by atoms with Gasteiger partial charge in [-0.15, -0.1) is 0 Å². The van der Waals surface area contributed by atoms with Gasteiger partial charge in [0.1, 0.15) is 11.9 Å². The molecule has 0 radical (unpaired) electrons. The van der Waals surface area contributed by atoms with E-state index in [1.54, 1.807) is 4.90 Å². The number of fused-ring (bicyclic) bond motifs is 1. The molecule has 2 aromatic rings. The number of imidazole rings is 1. The van der Waals surface area contributed by atoms with Crippen LogP contribution in [0, 0.1) is 0 Å². The number of nitrogens with one attached hydrogen (secondary N) is 1. The molecule has 1 aromatic carbocycles. The quantitative estimate of drug-likeness (QED) is 0.936. The Morgan fingerprint density at radius 2 is 2.00 bits per heavy atom. The highest BCUT2D eigenvalue weighted by Crippen LogP contribution is 2.25. The third-order valence-electron chi connectivity index (χ3n) is 4.74. The Labute approximate surface area is 141 Å². The molecule has 1 aliphatic rings. The van der Waals surface area contributed by atoms with Crippen LogP contribution in [-0.2, 0) is 22.2 Å². The molecule has 1 fully saturated rings. The van der Waals surface area contributed by atoms with E-state index in [0.29, 0.717) is 13.0 Å². The minimum Gasteiger partial charge on any atom is -0.342 e. The first-order valence-corrected chi connectivity index (χ1v) is 8.32. The van der Waals surface area contributed by atoms with E-state index in [4.69, 9.17) is 0 Å². The van der Waals surface area contributed by atoms with Crippen molar-refractivity contribution in [3.8, 4) is 0 Å². The predicted molar refractivity (Wildman–Crippen MR) is 92.3 cm³/mol. The smallest absolute Gasteiger partial charge is 0.243 e. The molecule has 6 nitrogen and oxygen atoms in total. The Hall–Kier alpha value is -2.37. The maximum atomic E-state index is 12.7. The minimum atomic E-state index is -0.629. The van der Waals surface area contributed by atoms with Gasteiger partial charge in [0, 0.05) is 20.5 Å². The minimum absolute atomic E-state index is 0.0480. The SMILES string of the molecule is CC(=O)N1CCCC1C(=O)NC(C)(C)c1nc2ccccc2n1C. The maximum absolute atomic E-state index is 12.7. The number of aryl methyl sites for hydroxylation is 1. The van der Waals surface area contributed by atoms with Crippen LogP contribution in [0.3, 0.4) is 0 Å². The van der Waals surface area contributed by atoms with E-state index >= 15 is 0 Å². The number of hydrogen-bond acceptors (Lipinski definition) is 3. The highest BCUT2D eigenvalue weighted by Gasteiger charge is 2.36. The molecule has 2 amide bonds. The standard InChI is InChI=1S/C18H24N4O2/c1-12(23)22-11-7-10-15(22)16(24)20-18(2,3)17-19-13-8-5-6-9-14(13)21(17)4/h5-6,8-9,15H,7,10-11H2,1-4H3,(H,20,24). The van der Waals surface area contributed by atoms with Crippen molar-refractivity contribution >= 4 is 22.8 Å². The van der Waals surface area contributed by atoms with Gasteiger partial charge in [0.15, 0.2) is 0 Å². The van der Waals surface area contributed by atoms with Crippen LogP contribution < -0.4 is 5.32 Å². The molecule has 1 saturated heterocycles. The van der Waals surface area contributed by atoms with Gasteiger partial charge in [-0.05, 0) is 38.8 Å². The number of carbonyl (C=O) groups is 2. The third kappa shape index (κ3) is 2.77. The Morgan fingerprint density at radius 3 is 2.67 bits per heavy atom. The van der Waals surface area contributed by atoms with Crippen LogP contribution in [0.4, 0.5) is 0 Å². The number of hydrogen-bond donors (Lipinski definition) is 1. The molecule has 1 aliphatic heterocycles. The van der Waals surface area contributed by atoms with Crippen LogP contribution in [0.1, 0.15) is 39.4 Å². The van der Waals surface area contributed by atoms with Crippen molar-refractivity contribution in [3.63, 3.8) is 0 Å². The van der Waals surface area contributed by atoms with E-state index in [9.17, 15) is 9.59 Å². The molecule has 0 saturated carbocycles. The monoisotopic (exact) mass is 328 g/mol. The predicted octanol–water partition coefficient (Wildman–Crippen LogP) is 1.94. The van der Waals surface area contributed by atoms with Gasteiger partial charge in [0.25, 0.3) is 0 Å². The molecule has 0 bridgehead atoms. The van der Waals surface area contributed by atoms with Gasteiger partial charge in [-0.2, -0.15) is 0 Å². The largest absolute Gasteiger partial charge is 0.342 e. The number of carbonyl (C=O) groups excluding carboxylic acids is 2. The van der Waals surface area contributed by atoms with Gasteiger partial charge < -0.3 is 14.8 Å². The van der Waals surface area contributed by atoms with E-state index in [-0.39, 0.29) is 17.9 Å². The Kier molecular flexibility index (Phi) is 4.07. The summed E-state index contributed by atoms with van der Waals surface area (Å²) in [4.78, 5) is 30.8. The summed E-state index contributed by atoms with van der Waals surface area (Å²) >= 11 is 0. The number of rotatable bonds is 3. The Balaban J connectivity index is 1.86. The lowest BCUT2D eigenvalue weighted by Crippen LogP contribution is -2.51. The lowest BCUT2D eigenvalue weighted by Gasteiger charge is -2.30. The molecule has 1 aromatic heterocycles. The summed E-state index contributed by atoms with van der Waals surface area (Å²) in [6, 6.07) is 7.52. The fourth-order valence-corrected chi connectivity index (χ4v) is 3.57. The highest BCUT2D eigenvalue weighted by atomic mass is 16.2. The summed E-state index contributed by atoms with van der Waals surface area (Å²) in [5, 5.41) is 3.08. The van der Waals surface area contributed by atoms with Crippen molar-refractivity contribution in [2.75, 3.05) is 6.54 Å². The molecular formula is C18H24N4O2. The molecular weight excluding hydrogens is 304 g/mol. The molecule has 128 valence electrons. The fourth-order valence-electron chi connectivity index (χ4n) is 3.57. The zero-order valence-corrected chi connectivity index (χ0v) is 14.7. The van der Waals surface area contributed by atoms with Crippen LogP contribution in [0.15, 0.2) is 24.3 Å². The summed E-state index contributed by atoms with van der Waals surface area (Å²) < 4.78 is 2.01. The molecule has 1 unspecified atom stereocenters. The molecule has 1 atom stereocenters. The van der Waals surface area contributed by atoms with Crippen molar-refractivity contribution in [1.82, 2.24) is 19.8 Å². The Bertz CT molecular complexity index is 793. The molecule has 0 aliphatic carbocycles. The van der Waals surface area contributed by atoms with Crippen molar-refractivity contribution < 1.29 is 9.59 Å². The van der Waals surface area contributed by atoms with Gasteiger partial charge in [-0.1, -0.05) is 12.1 Å². The first kappa shape index (κ1) is 16.5. The van der Waals surface area contributed by atoms with E-state index < -0.39 is 5.54 Å². The highest BCUT2D eigenvalue weighted by molar-refractivity contribution is 5.88. The summed E-state index contributed by atoms with van der Waals surface area (Å²) in [7, 11) is 1.95. The lowest BCUT2D eigenvalue weighted by atomic mass is 10.0. The first-order chi connectivity index (χ1) is 11.3. The number of benzene rings is 1. The van der Waals surface area contributed by atoms with Gasteiger partial charge in [0.2, 0.25) is 11.8 Å². The molecule has 6 heteroatoms. The average Bonchev–Trinajstić information content (AvgIpc) is 3.13. The molecule has 3 rings (SSSR count). The summed E-state index contributed by atoms with van der Waals surface area (Å²) in [5.41, 5.74) is 1.31. The molecule has 24 heavy (non-hydrogen) atoms. The number of likely N-dealkylation sites (tertiary alicyclic amines) is 1. The van der Waals surface area contributed by atoms with Crippen LogP contribution in [0.25, 0.3) is 11.0 Å². The van der Waals surface area contributed by atoms with E-state index in [1.807, 2.05) is 49.7 Å². The summed E-state index contributed by atoms with van der Waals surface area (Å²) in [6.45, 7) is 6.06. The number of para-hydroxylation sites is 2. The second kappa shape index (κ2) is 5.92. The number of nitrogens with zero attached hydrogens (tertiary/aromatic N) is 3. The van der Waals surface area contributed by atoms with Crippen molar-refractivity contribution in [1.29, 1.82) is 0 Å². The van der Waals surface area contributed by atoms with Crippen molar-refractivity contribution in [3.05, 3.63) is 30.1 Å².